The second-order valence-corrected chi connectivity index (χ2v) is 7.13. The number of aliphatic hydroxyl groups is 1. The molecule has 2 rings (SSSR count). The fraction of sp³-hybridized carbons (Fsp3) is 0.667. The van der Waals surface area contributed by atoms with Crippen LogP contribution in [0.4, 0.5) is 0 Å². The monoisotopic (exact) mass is 504 g/mol. The number of ether oxygens (including phenoxy) is 1. The predicted octanol–water partition coefficient (Wildman–Crippen LogP) is 3.17. The van der Waals surface area contributed by atoms with Crippen molar-refractivity contribution in [3.05, 3.63) is 29.8 Å². The van der Waals surface area contributed by atoms with Crippen LogP contribution in [0.15, 0.2) is 29.3 Å². The first-order chi connectivity index (χ1) is 13.2. The fourth-order valence-electron chi connectivity index (χ4n) is 3.33. The zero-order chi connectivity index (χ0) is 19.5. The van der Waals surface area contributed by atoms with E-state index in [9.17, 15) is 5.11 Å². The number of methoxy groups -OCH3 is 1. The molecule has 0 spiro atoms. The molecule has 160 valence electrons. The van der Waals surface area contributed by atoms with Crippen LogP contribution in [0.1, 0.15) is 51.2 Å². The predicted molar refractivity (Wildman–Crippen MR) is 127 cm³/mol. The van der Waals surface area contributed by atoms with E-state index >= 15 is 0 Å². The lowest BCUT2D eigenvalue weighted by atomic mass is 10.0. The molecule has 1 aliphatic rings. The highest BCUT2D eigenvalue weighted by Crippen LogP contribution is 2.19. The van der Waals surface area contributed by atoms with Crippen molar-refractivity contribution in [1.29, 1.82) is 0 Å². The molecule has 7 heteroatoms. The Morgan fingerprint density at radius 3 is 2.71 bits per heavy atom. The van der Waals surface area contributed by atoms with E-state index in [4.69, 9.17) is 4.74 Å². The Labute approximate surface area is 187 Å². The number of unbranched alkanes of at least 4 members (excludes halogenated alkanes) is 1. The maximum Gasteiger partial charge on any atom is 0.191 e. The second-order valence-electron chi connectivity index (χ2n) is 7.13. The lowest BCUT2D eigenvalue weighted by Crippen LogP contribution is -2.48. The van der Waals surface area contributed by atoms with Crippen LogP contribution in [0.2, 0.25) is 0 Å². The molecule has 0 aliphatic carbocycles. The smallest absolute Gasteiger partial charge is 0.191 e. The molecule has 1 atom stereocenters. The first kappa shape index (κ1) is 25.0. The van der Waals surface area contributed by atoms with E-state index in [0.717, 1.165) is 49.7 Å². The average Bonchev–Trinajstić information content (AvgIpc) is 2.71. The second kappa shape index (κ2) is 14.0. The Balaban J connectivity index is 0.00000392. The normalized spacial score (nSPS) is 16.9. The zero-order valence-electron chi connectivity index (χ0n) is 17.5. The Hall–Kier alpha value is -1.06. The standard InChI is InChI=1S/C21H36N4O2.HI/c1-4-6-12-25-13-10-18(11-14-25)24-21(22-5-2)23-16-20(26)17-8-7-9-19(15-17)27-3;/h7-9,15,18,20,26H,4-6,10-14,16H2,1-3H3,(H2,22,23,24);1H. The molecule has 3 N–H and O–H groups in total. The molecule has 1 saturated heterocycles. The van der Waals surface area contributed by atoms with Gasteiger partial charge in [0, 0.05) is 25.7 Å². The summed E-state index contributed by atoms with van der Waals surface area (Å²) in [5.74, 6) is 1.53. The van der Waals surface area contributed by atoms with Gasteiger partial charge in [-0.05, 0) is 50.4 Å². The highest BCUT2D eigenvalue weighted by atomic mass is 127. The van der Waals surface area contributed by atoms with Gasteiger partial charge in [-0.2, -0.15) is 0 Å². The van der Waals surface area contributed by atoms with Gasteiger partial charge in [-0.1, -0.05) is 25.5 Å². The van der Waals surface area contributed by atoms with Crippen LogP contribution in [0.25, 0.3) is 0 Å². The number of halogens is 1. The van der Waals surface area contributed by atoms with Gasteiger partial charge >= 0.3 is 0 Å². The lowest BCUT2D eigenvalue weighted by molar-refractivity contribution is 0.186. The molecular weight excluding hydrogens is 467 g/mol. The molecule has 0 radical (unpaired) electrons. The molecule has 1 unspecified atom stereocenters. The van der Waals surface area contributed by atoms with Gasteiger partial charge in [0.25, 0.3) is 0 Å². The molecule has 0 saturated carbocycles. The van der Waals surface area contributed by atoms with Crippen LogP contribution in [0.5, 0.6) is 5.75 Å². The molecule has 6 nitrogen and oxygen atoms in total. The van der Waals surface area contributed by atoms with Crippen molar-refractivity contribution in [2.24, 2.45) is 4.99 Å². The molecule has 28 heavy (non-hydrogen) atoms. The SMILES string of the molecule is CCCCN1CCC(NC(=NCC(O)c2cccc(OC)c2)NCC)CC1.I. The van der Waals surface area contributed by atoms with Crippen molar-refractivity contribution < 1.29 is 9.84 Å². The minimum absolute atomic E-state index is 0. The van der Waals surface area contributed by atoms with Crippen molar-refractivity contribution in [2.75, 3.05) is 39.8 Å². The van der Waals surface area contributed by atoms with Crippen molar-refractivity contribution >= 4 is 29.9 Å². The van der Waals surface area contributed by atoms with Gasteiger partial charge in [-0.25, -0.2) is 0 Å². The molecule has 1 aliphatic heterocycles. The molecule has 0 aromatic heterocycles. The van der Waals surface area contributed by atoms with Gasteiger partial charge in [-0.3, -0.25) is 4.99 Å². The quantitative estimate of drug-likeness (QED) is 0.274. The van der Waals surface area contributed by atoms with E-state index < -0.39 is 6.10 Å². The lowest BCUT2D eigenvalue weighted by Gasteiger charge is -2.33. The van der Waals surface area contributed by atoms with Crippen LogP contribution < -0.4 is 15.4 Å². The van der Waals surface area contributed by atoms with Crippen LogP contribution in [-0.2, 0) is 0 Å². The highest BCUT2D eigenvalue weighted by molar-refractivity contribution is 14.0. The largest absolute Gasteiger partial charge is 0.497 e. The average molecular weight is 504 g/mol. The third-order valence-corrected chi connectivity index (χ3v) is 5.00. The maximum absolute atomic E-state index is 10.5. The number of hydrogen-bond acceptors (Lipinski definition) is 4. The molecule has 1 aromatic rings. The van der Waals surface area contributed by atoms with Gasteiger partial charge in [-0.15, -0.1) is 24.0 Å². The summed E-state index contributed by atoms with van der Waals surface area (Å²) < 4.78 is 5.23. The van der Waals surface area contributed by atoms with Crippen LogP contribution in [0, 0.1) is 0 Å². The number of aliphatic imine (C=N–C) groups is 1. The molecule has 1 aromatic carbocycles. The number of hydrogen-bond donors (Lipinski definition) is 3. The fourth-order valence-corrected chi connectivity index (χ4v) is 3.33. The minimum Gasteiger partial charge on any atom is -0.497 e. The summed E-state index contributed by atoms with van der Waals surface area (Å²) in [7, 11) is 1.63. The van der Waals surface area contributed by atoms with Crippen molar-refractivity contribution in [1.82, 2.24) is 15.5 Å². The number of rotatable bonds is 9. The Morgan fingerprint density at radius 1 is 1.32 bits per heavy atom. The van der Waals surface area contributed by atoms with E-state index in [0.29, 0.717) is 12.6 Å². The number of nitrogens with one attached hydrogen (secondary N) is 2. The summed E-state index contributed by atoms with van der Waals surface area (Å²) in [6, 6.07) is 7.95. The van der Waals surface area contributed by atoms with Crippen LogP contribution in [-0.4, -0.2) is 61.8 Å². The summed E-state index contributed by atoms with van der Waals surface area (Å²) in [5, 5.41) is 17.3. The molecule has 0 bridgehead atoms. The number of likely N-dealkylation sites (tertiary alicyclic amines) is 1. The van der Waals surface area contributed by atoms with Gasteiger partial charge in [0.05, 0.1) is 19.8 Å². The van der Waals surface area contributed by atoms with E-state index in [-0.39, 0.29) is 24.0 Å². The maximum atomic E-state index is 10.5. The van der Waals surface area contributed by atoms with E-state index in [1.165, 1.54) is 19.4 Å². The minimum atomic E-state index is -0.647. The molecule has 1 heterocycles. The summed E-state index contributed by atoms with van der Waals surface area (Å²) in [6.07, 6.45) is 4.15. The Kier molecular flexibility index (Phi) is 12.5. The van der Waals surface area contributed by atoms with Crippen molar-refractivity contribution in [3.63, 3.8) is 0 Å². The topological polar surface area (TPSA) is 69.1 Å². The van der Waals surface area contributed by atoms with E-state index in [1.54, 1.807) is 7.11 Å². The van der Waals surface area contributed by atoms with Gasteiger partial charge in [0.15, 0.2) is 5.96 Å². The molecule has 1 fully saturated rings. The van der Waals surface area contributed by atoms with Crippen molar-refractivity contribution in [3.8, 4) is 5.75 Å². The van der Waals surface area contributed by atoms with Crippen molar-refractivity contribution in [2.45, 2.75) is 51.7 Å². The summed E-state index contributed by atoms with van der Waals surface area (Å²) in [5.41, 5.74) is 0.818. The Bertz CT molecular complexity index is 577. The first-order valence-electron chi connectivity index (χ1n) is 10.3. The summed E-state index contributed by atoms with van der Waals surface area (Å²) >= 11 is 0. The van der Waals surface area contributed by atoms with E-state index in [1.807, 2.05) is 24.3 Å². The van der Waals surface area contributed by atoms with Gasteiger partial charge in [0.2, 0.25) is 0 Å². The third kappa shape index (κ3) is 8.53. The number of nitrogens with zero attached hydrogens (tertiary/aromatic N) is 2. The van der Waals surface area contributed by atoms with E-state index in [2.05, 4.69) is 34.4 Å². The van der Waals surface area contributed by atoms with Gasteiger partial charge < -0.3 is 25.4 Å². The number of benzene rings is 1. The first-order valence-corrected chi connectivity index (χ1v) is 10.3. The van der Waals surface area contributed by atoms with Crippen LogP contribution in [0.3, 0.4) is 0 Å². The van der Waals surface area contributed by atoms with Crippen LogP contribution >= 0.6 is 24.0 Å². The number of piperidine rings is 1. The molecule has 0 amide bonds. The van der Waals surface area contributed by atoms with Gasteiger partial charge in [0.1, 0.15) is 5.75 Å². The Morgan fingerprint density at radius 2 is 2.07 bits per heavy atom. The number of aliphatic hydroxyl groups excluding tert-OH is 1. The summed E-state index contributed by atoms with van der Waals surface area (Å²) in [6.45, 7) is 8.92. The number of guanidine groups is 1. The highest BCUT2D eigenvalue weighted by Gasteiger charge is 2.19. The zero-order valence-corrected chi connectivity index (χ0v) is 19.8. The third-order valence-electron chi connectivity index (χ3n) is 5.00. The summed E-state index contributed by atoms with van der Waals surface area (Å²) in [4.78, 5) is 7.15. The molecular formula is C21H37IN4O2.